The van der Waals surface area contributed by atoms with E-state index < -0.39 is 17.7 Å². The van der Waals surface area contributed by atoms with E-state index in [9.17, 15) is 14.7 Å². The summed E-state index contributed by atoms with van der Waals surface area (Å²) >= 11 is 7.32. The molecule has 0 radical (unpaired) electrons. The van der Waals surface area contributed by atoms with Crippen LogP contribution in [0.3, 0.4) is 0 Å². The van der Waals surface area contributed by atoms with E-state index in [4.69, 9.17) is 30.8 Å². The summed E-state index contributed by atoms with van der Waals surface area (Å²) < 4.78 is 18.0. The molecule has 1 atom stereocenters. The van der Waals surface area contributed by atoms with Crippen molar-refractivity contribution in [1.29, 1.82) is 0 Å². The second kappa shape index (κ2) is 12.8. The number of hydrogen-bond acceptors (Lipinski definition) is 8. The number of fused-ring (bicyclic) bond motifs is 1. The summed E-state index contributed by atoms with van der Waals surface area (Å²) in [7, 11) is 1.53. The third kappa shape index (κ3) is 5.80. The van der Waals surface area contributed by atoms with Crippen LogP contribution in [0.5, 0.6) is 17.2 Å². The quantitative estimate of drug-likeness (QED) is 0.0814. The van der Waals surface area contributed by atoms with Gasteiger partial charge in [-0.25, -0.2) is 4.98 Å². The van der Waals surface area contributed by atoms with Gasteiger partial charge in [0.2, 0.25) is 0 Å². The van der Waals surface area contributed by atoms with Crippen LogP contribution in [-0.2, 0) is 9.59 Å². The number of aliphatic hydroxyl groups is 1. The Morgan fingerprint density at radius 3 is 2.50 bits per heavy atom. The monoisotopic (exact) mass is 606 g/mol. The third-order valence-electron chi connectivity index (χ3n) is 6.94. The third-order valence-corrected chi connectivity index (χ3v) is 8.21. The largest absolute Gasteiger partial charge is 0.507 e. The summed E-state index contributed by atoms with van der Waals surface area (Å²) in [4.78, 5) is 33.3. The number of ether oxygens (including phenoxy) is 3. The van der Waals surface area contributed by atoms with Gasteiger partial charge in [0, 0.05) is 10.6 Å². The Balaban J connectivity index is 1.64. The highest BCUT2D eigenvalue weighted by atomic mass is 35.5. The Morgan fingerprint density at radius 1 is 1.00 bits per heavy atom. The van der Waals surface area contributed by atoms with Crippen molar-refractivity contribution in [2.24, 2.45) is 0 Å². The van der Waals surface area contributed by atoms with Gasteiger partial charge in [-0.3, -0.25) is 14.5 Å². The molecule has 2 heterocycles. The number of amides is 1. The SMILES string of the molecule is CCCCCOc1ccc(C2/C(=C(\O)c3ccc(Cl)cc3)C(=O)C(=O)N2c2nc3ccc(OCC)cc3s2)cc1OC. The van der Waals surface area contributed by atoms with Crippen LogP contribution >= 0.6 is 22.9 Å². The molecule has 1 N–H and O–H groups in total. The van der Waals surface area contributed by atoms with Crippen molar-refractivity contribution in [3.8, 4) is 17.2 Å². The summed E-state index contributed by atoms with van der Waals surface area (Å²) in [5.74, 6) is -0.238. The van der Waals surface area contributed by atoms with Gasteiger partial charge in [0.05, 0.1) is 42.2 Å². The highest BCUT2D eigenvalue weighted by Crippen LogP contribution is 2.46. The molecule has 1 aliphatic heterocycles. The molecule has 5 rings (SSSR count). The first-order valence-electron chi connectivity index (χ1n) is 13.8. The molecule has 3 aromatic carbocycles. The molecule has 1 saturated heterocycles. The van der Waals surface area contributed by atoms with Crippen molar-refractivity contribution in [2.45, 2.75) is 39.2 Å². The van der Waals surface area contributed by atoms with Crippen LogP contribution in [0.4, 0.5) is 5.13 Å². The molecule has 1 unspecified atom stereocenters. The molecule has 8 nitrogen and oxygen atoms in total. The number of aromatic nitrogens is 1. The number of aliphatic hydroxyl groups excluding tert-OH is 1. The standard InChI is InChI=1S/C32H31ClN2O6S/c1-4-6-7-16-41-24-15-10-20(17-25(24)39-3)28-27(29(36)19-8-11-21(33)12-9-19)30(37)31(38)35(28)32-34-23-14-13-22(40-5-2)18-26(23)42-32/h8-15,17-18,28,36H,4-7,16H2,1-3H3/b29-27+. The molecular formula is C32H31ClN2O6S. The number of halogens is 1. The van der Waals surface area contributed by atoms with E-state index in [2.05, 4.69) is 6.92 Å². The van der Waals surface area contributed by atoms with E-state index in [0.29, 0.717) is 57.3 Å². The van der Waals surface area contributed by atoms with E-state index in [1.807, 2.05) is 25.1 Å². The fourth-order valence-corrected chi connectivity index (χ4v) is 6.02. The van der Waals surface area contributed by atoms with Crippen LogP contribution in [-0.4, -0.2) is 42.1 Å². The molecule has 1 aliphatic rings. The smallest absolute Gasteiger partial charge is 0.301 e. The number of benzene rings is 3. The second-order valence-corrected chi connectivity index (χ2v) is 11.1. The number of unbranched alkanes of at least 4 members (excludes halogenated alkanes) is 2. The van der Waals surface area contributed by atoms with Gasteiger partial charge < -0.3 is 19.3 Å². The Labute approximate surface area is 253 Å². The Kier molecular flexibility index (Phi) is 8.99. The van der Waals surface area contributed by atoms with Crippen LogP contribution in [0.15, 0.2) is 66.2 Å². The van der Waals surface area contributed by atoms with Gasteiger partial charge in [-0.2, -0.15) is 0 Å². The predicted octanol–water partition coefficient (Wildman–Crippen LogP) is 7.55. The first kappa shape index (κ1) is 29.4. The van der Waals surface area contributed by atoms with Gasteiger partial charge in [-0.05, 0) is 73.5 Å². The van der Waals surface area contributed by atoms with Crippen molar-refractivity contribution >= 4 is 55.7 Å². The topological polar surface area (TPSA) is 98.2 Å². The molecule has 4 aromatic rings. The Morgan fingerprint density at radius 2 is 1.79 bits per heavy atom. The first-order chi connectivity index (χ1) is 20.4. The predicted molar refractivity (Wildman–Crippen MR) is 165 cm³/mol. The number of rotatable bonds is 11. The molecule has 42 heavy (non-hydrogen) atoms. The molecule has 1 fully saturated rings. The Hall–Kier alpha value is -4.08. The van der Waals surface area contributed by atoms with Gasteiger partial charge in [0.25, 0.3) is 5.78 Å². The maximum atomic E-state index is 13.7. The number of hydrogen-bond donors (Lipinski definition) is 1. The van der Waals surface area contributed by atoms with Crippen LogP contribution in [0.25, 0.3) is 16.0 Å². The highest BCUT2D eigenvalue weighted by molar-refractivity contribution is 7.22. The number of Topliss-reactive ketones (excluding diaryl/α,β-unsaturated/α-hetero) is 1. The number of anilines is 1. The lowest BCUT2D eigenvalue weighted by Crippen LogP contribution is -2.29. The van der Waals surface area contributed by atoms with Crippen molar-refractivity contribution < 1.29 is 28.9 Å². The lowest BCUT2D eigenvalue weighted by Gasteiger charge is -2.24. The lowest BCUT2D eigenvalue weighted by molar-refractivity contribution is -0.132. The van der Waals surface area contributed by atoms with E-state index >= 15 is 0 Å². The fraction of sp³-hybridized carbons (Fsp3) is 0.281. The molecule has 10 heteroatoms. The molecule has 218 valence electrons. The van der Waals surface area contributed by atoms with Gasteiger partial charge in [0.15, 0.2) is 16.6 Å². The average molecular weight is 607 g/mol. The van der Waals surface area contributed by atoms with E-state index in [1.165, 1.54) is 23.3 Å². The highest BCUT2D eigenvalue weighted by Gasteiger charge is 2.48. The number of methoxy groups -OCH3 is 1. The van der Waals surface area contributed by atoms with E-state index in [-0.39, 0.29) is 11.3 Å². The van der Waals surface area contributed by atoms with Crippen molar-refractivity contribution in [1.82, 2.24) is 4.98 Å². The maximum absolute atomic E-state index is 13.7. The summed E-state index contributed by atoms with van der Waals surface area (Å²) in [6, 6.07) is 16.2. The van der Waals surface area contributed by atoms with Crippen molar-refractivity contribution in [3.05, 3.63) is 82.4 Å². The second-order valence-electron chi connectivity index (χ2n) is 9.70. The van der Waals surface area contributed by atoms with E-state index in [1.54, 1.807) is 42.5 Å². The number of thiazole rings is 1. The lowest BCUT2D eigenvalue weighted by atomic mass is 9.95. The van der Waals surface area contributed by atoms with Crippen LogP contribution < -0.4 is 19.1 Å². The molecule has 0 spiro atoms. The van der Waals surface area contributed by atoms with Crippen LogP contribution in [0.1, 0.15) is 50.3 Å². The van der Waals surface area contributed by atoms with Gasteiger partial charge in [0.1, 0.15) is 11.5 Å². The number of ketones is 1. The summed E-state index contributed by atoms with van der Waals surface area (Å²) in [5.41, 5.74) is 1.51. The van der Waals surface area contributed by atoms with Gasteiger partial charge in [-0.1, -0.05) is 48.8 Å². The minimum Gasteiger partial charge on any atom is -0.507 e. The summed E-state index contributed by atoms with van der Waals surface area (Å²) in [6.07, 6.45) is 3.03. The van der Waals surface area contributed by atoms with Crippen molar-refractivity contribution in [3.63, 3.8) is 0 Å². The van der Waals surface area contributed by atoms with Crippen LogP contribution in [0, 0.1) is 0 Å². The minimum absolute atomic E-state index is 0.0600. The zero-order valence-corrected chi connectivity index (χ0v) is 25.1. The Bertz CT molecular complexity index is 1650. The first-order valence-corrected chi connectivity index (χ1v) is 15.0. The molecule has 0 aliphatic carbocycles. The number of nitrogens with zero attached hydrogens (tertiary/aromatic N) is 2. The number of carbonyl (C=O) groups is 2. The zero-order valence-electron chi connectivity index (χ0n) is 23.6. The zero-order chi connectivity index (χ0) is 29.8. The fourth-order valence-electron chi connectivity index (χ4n) is 4.87. The van der Waals surface area contributed by atoms with Crippen LogP contribution in [0.2, 0.25) is 5.02 Å². The van der Waals surface area contributed by atoms with E-state index in [0.717, 1.165) is 24.0 Å². The normalized spacial score (nSPS) is 16.3. The molecule has 1 amide bonds. The molecular weight excluding hydrogens is 576 g/mol. The van der Waals surface area contributed by atoms with Gasteiger partial charge in [-0.15, -0.1) is 0 Å². The molecule has 0 bridgehead atoms. The van der Waals surface area contributed by atoms with Gasteiger partial charge >= 0.3 is 5.91 Å². The average Bonchev–Trinajstić information content (AvgIpc) is 3.53. The summed E-state index contributed by atoms with van der Waals surface area (Å²) in [6.45, 7) is 5.07. The van der Waals surface area contributed by atoms with Crippen molar-refractivity contribution in [2.75, 3.05) is 25.2 Å². The maximum Gasteiger partial charge on any atom is 0.301 e. The number of carbonyl (C=O) groups excluding carboxylic acids is 2. The summed E-state index contributed by atoms with van der Waals surface area (Å²) in [5, 5.41) is 12.2. The minimum atomic E-state index is -0.976. The molecule has 0 saturated carbocycles. The molecule has 1 aromatic heterocycles.